The SMILES string of the molecule is O=C(c1ccccc1)C(Sc1nnc(C2CC2)n1C1CC1)c1ccccc1. The quantitative estimate of drug-likeness (QED) is 0.420. The Labute approximate surface area is 163 Å². The molecule has 2 aliphatic rings. The van der Waals surface area contributed by atoms with Crippen LogP contribution in [0.2, 0.25) is 0 Å². The third kappa shape index (κ3) is 3.44. The lowest BCUT2D eigenvalue weighted by Gasteiger charge is -2.17. The van der Waals surface area contributed by atoms with Gasteiger partial charge in [0.1, 0.15) is 11.1 Å². The first-order valence-electron chi connectivity index (χ1n) is 9.57. The average Bonchev–Trinajstić information content (AvgIpc) is 3.66. The topological polar surface area (TPSA) is 47.8 Å². The van der Waals surface area contributed by atoms with Crippen molar-refractivity contribution >= 4 is 17.5 Å². The van der Waals surface area contributed by atoms with Crippen LogP contribution in [0.4, 0.5) is 0 Å². The van der Waals surface area contributed by atoms with E-state index in [0.717, 1.165) is 22.1 Å². The smallest absolute Gasteiger partial charge is 0.192 e. The molecule has 2 fully saturated rings. The molecule has 0 N–H and O–H groups in total. The summed E-state index contributed by atoms with van der Waals surface area (Å²) in [5, 5.41) is 9.57. The van der Waals surface area contributed by atoms with E-state index in [1.54, 1.807) is 11.8 Å². The summed E-state index contributed by atoms with van der Waals surface area (Å²) in [6, 6.07) is 20.1. The van der Waals surface area contributed by atoms with Crippen molar-refractivity contribution in [3.8, 4) is 0 Å². The fourth-order valence-corrected chi connectivity index (χ4v) is 4.62. The third-order valence-electron chi connectivity index (χ3n) is 5.17. The Kier molecular flexibility index (Phi) is 4.32. The molecule has 2 saturated carbocycles. The fourth-order valence-electron chi connectivity index (χ4n) is 3.42. The van der Waals surface area contributed by atoms with Gasteiger partial charge in [-0.3, -0.25) is 4.79 Å². The molecule has 1 atom stereocenters. The number of aromatic nitrogens is 3. The molecule has 0 amide bonds. The monoisotopic (exact) mass is 375 g/mol. The highest BCUT2D eigenvalue weighted by molar-refractivity contribution is 8.00. The molecule has 0 radical (unpaired) electrons. The van der Waals surface area contributed by atoms with Crippen LogP contribution in [-0.4, -0.2) is 20.5 Å². The Balaban J connectivity index is 1.51. The minimum atomic E-state index is -0.317. The van der Waals surface area contributed by atoms with Crippen molar-refractivity contribution < 1.29 is 4.79 Å². The lowest BCUT2D eigenvalue weighted by atomic mass is 10.0. The molecular weight excluding hydrogens is 354 g/mol. The zero-order chi connectivity index (χ0) is 18.2. The number of carbonyl (C=O) groups is 1. The number of carbonyl (C=O) groups excluding carboxylic acids is 1. The van der Waals surface area contributed by atoms with E-state index >= 15 is 0 Å². The first-order chi connectivity index (χ1) is 13.3. The molecule has 2 aromatic carbocycles. The van der Waals surface area contributed by atoms with Crippen molar-refractivity contribution in [3.05, 3.63) is 77.6 Å². The highest BCUT2D eigenvalue weighted by Crippen LogP contribution is 2.48. The molecule has 2 aliphatic carbocycles. The summed E-state index contributed by atoms with van der Waals surface area (Å²) in [5.41, 5.74) is 1.74. The molecule has 3 aromatic rings. The summed E-state index contributed by atoms with van der Waals surface area (Å²) >= 11 is 1.55. The summed E-state index contributed by atoms with van der Waals surface area (Å²) in [6.45, 7) is 0. The van der Waals surface area contributed by atoms with Crippen LogP contribution in [-0.2, 0) is 0 Å². The van der Waals surface area contributed by atoms with Gasteiger partial charge in [-0.1, -0.05) is 72.4 Å². The fraction of sp³-hybridized carbons (Fsp3) is 0.318. The van der Waals surface area contributed by atoms with Gasteiger partial charge in [-0.05, 0) is 31.2 Å². The number of Topliss-reactive ketones (excluding diaryl/α,β-unsaturated/α-hetero) is 1. The van der Waals surface area contributed by atoms with E-state index in [1.165, 1.54) is 25.7 Å². The first-order valence-corrected chi connectivity index (χ1v) is 10.4. The lowest BCUT2D eigenvalue weighted by molar-refractivity contribution is 0.0989. The van der Waals surface area contributed by atoms with Crippen molar-refractivity contribution in [2.45, 2.75) is 48.0 Å². The lowest BCUT2D eigenvalue weighted by Crippen LogP contribution is -2.11. The van der Waals surface area contributed by atoms with E-state index in [-0.39, 0.29) is 11.0 Å². The maximum absolute atomic E-state index is 13.3. The molecule has 1 heterocycles. The van der Waals surface area contributed by atoms with Crippen LogP contribution in [0.1, 0.15) is 64.6 Å². The number of hydrogen-bond acceptors (Lipinski definition) is 4. The number of nitrogens with zero attached hydrogens (tertiary/aromatic N) is 3. The van der Waals surface area contributed by atoms with Crippen LogP contribution in [0.15, 0.2) is 65.8 Å². The number of hydrogen-bond donors (Lipinski definition) is 0. The van der Waals surface area contributed by atoms with Crippen molar-refractivity contribution in [2.24, 2.45) is 0 Å². The zero-order valence-electron chi connectivity index (χ0n) is 15.0. The predicted molar refractivity (Wildman–Crippen MR) is 106 cm³/mol. The molecule has 0 aliphatic heterocycles. The number of benzene rings is 2. The Hall–Kier alpha value is -2.40. The summed E-state index contributed by atoms with van der Waals surface area (Å²) < 4.78 is 2.32. The molecule has 0 saturated heterocycles. The van der Waals surface area contributed by atoms with Gasteiger partial charge in [0.05, 0.1) is 0 Å². The molecule has 0 spiro atoms. The Morgan fingerprint density at radius 2 is 1.59 bits per heavy atom. The second-order valence-corrected chi connectivity index (χ2v) is 8.43. The van der Waals surface area contributed by atoms with Gasteiger partial charge in [0.15, 0.2) is 10.9 Å². The minimum Gasteiger partial charge on any atom is -0.303 e. The van der Waals surface area contributed by atoms with Gasteiger partial charge < -0.3 is 4.57 Å². The van der Waals surface area contributed by atoms with Gasteiger partial charge in [0, 0.05) is 17.5 Å². The van der Waals surface area contributed by atoms with Crippen LogP contribution in [0.25, 0.3) is 0 Å². The van der Waals surface area contributed by atoms with E-state index < -0.39 is 0 Å². The summed E-state index contributed by atoms with van der Waals surface area (Å²) in [5.74, 6) is 1.80. The summed E-state index contributed by atoms with van der Waals surface area (Å²) in [7, 11) is 0. The normalized spacial score (nSPS) is 17.6. The van der Waals surface area contributed by atoms with Crippen molar-refractivity contribution in [1.29, 1.82) is 0 Å². The summed E-state index contributed by atoms with van der Waals surface area (Å²) in [6.07, 6.45) is 4.79. The molecule has 136 valence electrons. The van der Waals surface area contributed by atoms with E-state index in [2.05, 4.69) is 14.8 Å². The Bertz CT molecular complexity index is 946. The molecule has 5 rings (SSSR count). The standard InChI is InChI=1S/C22H21N3OS/c26-19(15-7-3-1-4-8-15)20(16-9-5-2-6-10-16)27-22-24-23-21(17-11-12-17)25(22)18-13-14-18/h1-10,17-18,20H,11-14H2. The number of thioether (sulfide) groups is 1. The predicted octanol–water partition coefficient (Wildman–Crippen LogP) is 5.21. The maximum Gasteiger partial charge on any atom is 0.192 e. The molecule has 1 unspecified atom stereocenters. The second-order valence-electron chi connectivity index (χ2n) is 7.36. The molecule has 27 heavy (non-hydrogen) atoms. The van der Waals surface area contributed by atoms with E-state index in [9.17, 15) is 4.79 Å². The van der Waals surface area contributed by atoms with Crippen LogP contribution in [0.3, 0.4) is 0 Å². The van der Waals surface area contributed by atoms with E-state index in [0.29, 0.717) is 12.0 Å². The van der Waals surface area contributed by atoms with Crippen molar-refractivity contribution in [2.75, 3.05) is 0 Å². The van der Waals surface area contributed by atoms with Gasteiger partial charge in [-0.2, -0.15) is 0 Å². The van der Waals surface area contributed by atoms with Gasteiger partial charge >= 0.3 is 0 Å². The van der Waals surface area contributed by atoms with Crippen molar-refractivity contribution in [3.63, 3.8) is 0 Å². The first kappa shape index (κ1) is 16.8. The van der Waals surface area contributed by atoms with Gasteiger partial charge in [0.25, 0.3) is 0 Å². The van der Waals surface area contributed by atoms with Crippen LogP contribution in [0.5, 0.6) is 0 Å². The number of rotatable bonds is 7. The van der Waals surface area contributed by atoms with Crippen LogP contribution >= 0.6 is 11.8 Å². The maximum atomic E-state index is 13.3. The molecule has 1 aromatic heterocycles. The zero-order valence-corrected chi connectivity index (χ0v) is 15.8. The molecule has 4 nitrogen and oxygen atoms in total. The summed E-state index contributed by atoms with van der Waals surface area (Å²) in [4.78, 5) is 13.3. The Morgan fingerprint density at radius 3 is 2.22 bits per heavy atom. The molecule has 0 bridgehead atoms. The minimum absolute atomic E-state index is 0.116. The van der Waals surface area contributed by atoms with Gasteiger partial charge in [0.2, 0.25) is 0 Å². The third-order valence-corrected chi connectivity index (χ3v) is 6.38. The highest BCUT2D eigenvalue weighted by Gasteiger charge is 2.37. The molecular formula is C22H21N3OS. The number of ketones is 1. The molecule has 5 heteroatoms. The Morgan fingerprint density at radius 1 is 0.926 bits per heavy atom. The average molecular weight is 375 g/mol. The van der Waals surface area contributed by atoms with E-state index in [1.807, 2.05) is 60.7 Å². The van der Waals surface area contributed by atoms with Crippen molar-refractivity contribution in [1.82, 2.24) is 14.8 Å². The van der Waals surface area contributed by atoms with Gasteiger partial charge in [-0.25, -0.2) is 0 Å². The van der Waals surface area contributed by atoms with Crippen LogP contribution in [0, 0.1) is 0 Å². The van der Waals surface area contributed by atoms with E-state index in [4.69, 9.17) is 0 Å². The highest BCUT2D eigenvalue weighted by atomic mass is 32.2. The largest absolute Gasteiger partial charge is 0.303 e. The second kappa shape index (κ2) is 6.97. The van der Waals surface area contributed by atoms with Gasteiger partial charge in [-0.15, -0.1) is 10.2 Å². The van der Waals surface area contributed by atoms with Crippen LogP contribution < -0.4 is 0 Å².